The minimum Gasteiger partial charge on any atom is -0.458 e. The van der Waals surface area contributed by atoms with Crippen LogP contribution in [-0.4, -0.2) is 38.2 Å². The number of nitrogens with one attached hydrogen (secondary N) is 1. The zero-order valence-electron chi connectivity index (χ0n) is 18.9. The lowest BCUT2D eigenvalue weighted by Crippen LogP contribution is -2.32. The fourth-order valence-corrected chi connectivity index (χ4v) is 4.28. The predicted molar refractivity (Wildman–Crippen MR) is 120 cm³/mol. The fourth-order valence-electron chi connectivity index (χ4n) is 4.28. The third-order valence-corrected chi connectivity index (χ3v) is 6.02. The quantitative estimate of drug-likeness (QED) is 0.389. The number of cyclic esters (lactones) is 1. The molecule has 0 saturated heterocycles. The van der Waals surface area contributed by atoms with Gasteiger partial charge in [0, 0.05) is 29.1 Å². The highest BCUT2D eigenvalue weighted by Crippen LogP contribution is 2.36. The van der Waals surface area contributed by atoms with Crippen LogP contribution in [0.1, 0.15) is 47.8 Å². The Hall–Kier alpha value is -3.63. The molecule has 0 aliphatic carbocycles. The minimum absolute atomic E-state index is 0.00674. The molecule has 5 rings (SSSR count). The van der Waals surface area contributed by atoms with E-state index in [1.165, 1.54) is 10.6 Å². The standard InChI is InChI=1S/C22H18FN3O6.C2H6/c1-9-13(5-24-18(28)7-27)11-2-10-6-26-17(19(10)25-16(11)4-15(9)23)3-12-14(21(26)30)8-32-22(31)20(12)29;1-2/h2-4,20,27,29H,5-8H2,1H3,(H,24,28);1-2H3. The Morgan fingerprint density at radius 3 is 2.74 bits per heavy atom. The van der Waals surface area contributed by atoms with Crippen LogP contribution in [0.5, 0.6) is 0 Å². The molecule has 178 valence electrons. The fraction of sp³-hybridized carbons (Fsp3) is 0.333. The Morgan fingerprint density at radius 2 is 2.03 bits per heavy atom. The van der Waals surface area contributed by atoms with Crippen molar-refractivity contribution in [1.29, 1.82) is 0 Å². The molecule has 2 aliphatic rings. The third-order valence-electron chi connectivity index (χ3n) is 6.02. The number of pyridine rings is 2. The highest BCUT2D eigenvalue weighted by Gasteiger charge is 2.34. The van der Waals surface area contributed by atoms with Crippen molar-refractivity contribution in [3.63, 3.8) is 0 Å². The predicted octanol–water partition coefficient (Wildman–Crippen LogP) is 1.60. The van der Waals surface area contributed by atoms with Gasteiger partial charge in [-0.3, -0.25) is 9.59 Å². The molecule has 0 bridgehead atoms. The second-order valence-electron chi connectivity index (χ2n) is 7.82. The number of halogens is 1. The molecule has 3 N–H and O–H groups in total. The maximum atomic E-state index is 14.6. The summed E-state index contributed by atoms with van der Waals surface area (Å²) in [6.07, 6.45) is -1.55. The Balaban J connectivity index is 0.00000133. The lowest BCUT2D eigenvalue weighted by atomic mass is 9.98. The molecule has 1 aromatic carbocycles. The summed E-state index contributed by atoms with van der Waals surface area (Å²) in [4.78, 5) is 40.8. The van der Waals surface area contributed by atoms with Crippen LogP contribution < -0.4 is 10.9 Å². The number of nitrogens with zero attached hydrogens (tertiary/aromatic N) is 2. The van der Waals surface area contributed by atoms with Crippen molar-refractivity contribution >= 4 is 22.8 Å². The van der Waals surface area contributed by atoms with Crippen LogP contribution in [0.15, 0.2) is 23.0 Å². The summed E-state index contributed by atoms with van der Waals surface area (Å²) < 4.78 is 21.0. The van der Waals surface area contributed by atoms with Crippen LogP contribution in [0.3, 0.4) is 0 Å². The van der Waals surface area contributed by atoms with E-state index in [0.29, 0.717) is 39.0 Å². The van der Waals surface area contributed by atoms with Crippen molar-refractivity contribution in [1.82, 2.24) is 14.9 Å². The zero-order valence-corrected chi connectivity index (χ0v) is 18.9. The highest BCUT2D eigenvalue weighted by molar-refractivity contribution is 5.89. The number of hydrogen-bond donors (Lipinski definition) is 3. The van der Waals surface area contributed by atoms with Crippen molar-refractivity contribution in [3.05, 3.63) is 62.2 Å². The van der Waals surface area contributed by atoms with Gasteiger partial charge in [0.2, 0.25) is 5.91 Å². The van der Waals surface area contributed by atoms with E-state index in [2.05, 4.69) is 10.3 Å². The molecule has 0 radical (unpaired) electrons. The van der Waals surface area contributed by atoms with Gasteiger partial charge in [-0.2, -0.15) is 0 Å². The molecule has 9 nitrogen and oxygen atoms in total. The van der Waals surface area contributed by atoms with Crippen LogP contribution in [-0.2, 0) is 34.0 Å². The number of carbonyl (C=O) groups excluding carboxylic acids is 2. The molecular weight excluding hydrogens is 445 g/mol. The number of ether oxygens (including phenoxy) is 1. The van der Waals surface area contributed by atoms with Gasteiger partial charge in [-0.05, 0) is 30.2 Å². The molecule has 4 heterocycles. The molecule has 1 atom stereocenters. The van der Waals surface area contributed by atoms with Crippen LogP contribution in [0, 0.1) is 12.7 Å². The van der Waals surface area contributed by atoms with Gasteiger partial charge in [-0.1, -0.05) is 13.8 Å². The minimum atomic E-state index is -1.55. The molecule has 0 spiro atoms. The molecule has 0 fully saturated rings. The number of rotatable bonds is 3. The van der Waals surface area contributed by atoms with Gasteiger partial charge in [-0.15, -0.1) is 0 Å². The van der Waals surface area contributed by atoms with E-state index in [9.17, 15) is 23.9 Å². The SMILES string of the molecule is CC.Cc1c(F)cc2nc3c(cc2c1CNC(=O)CO)Cn1c-3cc2c(c1=O)COC(=O)C2O. The number of hydrogen-bond acceptors (Lipinski definition) is 7. The third kappa shape index (κ3) is 3.64. The summed E-state index contributed by atoms with van der Waals surface area (Å²) in [5.41, 5.74) is 2.81. The van der Waals surface area contributed by atoms with Crippen molar-refractivity contribution in [2.45, 2.75) is 46.6 Å². The van der Waals surface area contributed by atoms with Crippen LogP contribution in [0.25, 0.3) is 22.3 Å². The molecule has 2 aromatic heterocycles. The van der Waals surface area contributed by atoms with E-state index in [-0.39, 0.29) is 36.4 Å². The number of fused-ring (bicyclic) bond motifs is 5. The average Bonchev–Trinajstić information content (AvgIpc) is 3.20. The summed E-state index contributed by atoms with van der Waals surface area (Å²) in [5.74, 6) is -1.91. The molecule has 10 heteroatoms. The number of aromatic nitrogens is 2. The summed E-state index contributed by atoms with van der Waals surface area (Å²) in [6.45, 7) is 4.92. The van der Waals surface area contributed by atoms with E-state index < -0.39 is 30.4 Å². The van der Waals surface area contributed by atoms with E-state index >= 15 is 0 Å². The normalized spacial score (nSPS) is 15.6. The van der Waals surface area contributed by atoms with Gasteiger partial charge in [0.15, 0.2) is 6.10 Å². The smallest absolute Gasteiger partial charge is 0.340 e. The second kappa shape index (κ2) is 8.96. The first-order valence-electron chi connectivity index (χ1n) is 10.9. The molecule has 1 amide bonds. The Kier molecular flexibility index (Phi) is 6.20. The number of amides is 1. The Labute approximate surface area is 193 Å². The summed E-state index contributed by atoms with van der Waals surface area (Å²) >= 11 is 0. The van der Waals surface area contributed by atoms with Crippen LogP contribution in [0.4, 0.5) is 4.39 Å². The van der Waals surface area contributed by atoms with Crippen LogP contribution in [0.2, 0.25) is 0 Å². The average molecular weight is 469 g/mol. The second-order valence-corrected chi connectivity index (χ2v) is 7.82. The van der Waals surface area contributed by atoms with Crippen molar-refractivity contribution in [2.24, 2.45) is 0 Å². The number of carbonyl (C=O) groups is 2. The first-order valence-corrected chi connectivity index (χ1v) is 10.9. The van der Waals surface area contributed by atoms with E-state index in [1.807, 2.05) is 13.8 Å². The number of aliphatic hydroxyl groups is 2. The summed E-state index contributed by atoms with van der Waals surface area (Å²) in [7, 11) is 0. The van der Waals surface area contributed by atoms with Gasteiger partial charge in [0.05, 0.1) is 29.0 Å². The van der Waals surface area contributed by atoms with Crippen molar-refractivity contribution in [3.8, 4) is 11.4 Å². The van der Waals surface area contributed by atoms with Gasteiger partial charge >= 0.3 is 5.97 Å². The summed E-state index contributed by atoms with van der Waals surface area (Å²) in [6, 6.07) is 4.64. The van der Waals surface area contributed by atoms with Crippen LogP contribution >= 0.6 is 0 Å². The first kappa shape index (κ1) is 23.5. The molecule has 0 saturated carbocycles. The molecule has 1 unspecified atom stereocenters. The lowest BCUT2D eigenvalue weighted by Gasteiger charge is -2.21. The van der Waals surface area contributed by atoms with Crippen molar-refractivity contribution in [2.75, 3.05) is 6.61 Å². The highest BCUT2D eigenvalue weighted by atomic mass is 19.1. The largest absolute Gasteiger partial charge is 0.458 e. The number of aliphatic hydroxyl groups excluding tert-OH is 2. The van der Waals surface area contributed by atoms with E-state index in [0.717, 1.165) is 0 Å². The van der Waals surface area contributed by atoms with Gasteiger partial charge in [0.1, 0.15) is 19.0 Å². The summed E-state index contributed by atoms with van der Waals surface area (Å²) in [5, 5.41) is 22.3. The molecule has 34 heavy (non-hydrogen) atoms. The van der Waals surface area contributed by atoms with Gasteiger partial charge in [-0.25, -0.2) is 14.2 Å². The van der Waals surface area contributed by atoms with E-state index in [4.69, 9.17) is 9.84 Å². The number of benzene rings is 1. The maximum absolute atomic E-state index is 14.6. The molecule has 2 aliphatic heterocycles. The first-order chi connectivity index (χ1) is 16.3. The maximum Gasteiger partial charge on any atom is 0.340 e. The number of esters is 1. The lowest BCUT2D eigenvalue weighted by molar-refractivity contribution is -0.157. The monoisotopic (exact) mass is 469 g/mol. The van der Waals surface area contributed by atoms with Gasteiger partial charge in [0.25, 0.3) is 5.56 Å². The zero-order chi connectivity index (χ0) is 24.7. The van der Waals surface area contributed by atoms with E-state index in [1.54, 1.807) is 19.1 Å². The molecule has 3 aromatic rings. The molecular formula is C24H24FN3O6. The van der Waals surface area contributed by atoms with Crippen molar-refractivity contribution < 1.29 is 28.9 Å². The Morgan fingerprint density at radius 1 is 1.29 bits per heavy atom. The Bertz CT molecular complexity index is 1400. The van der Waals surface area contributed by atoms with Gasteiger partial charge < -0.3 is 24.8 Å². The topological polar surface area (TPSA) is 131 Å².